The number of non-ortho nitro benzene ring substituents is 1. The van der Waals surface area contributed by atoms with E-state index in [0.717, 1.165) is 0 Å². The van der Waals surface area contributed by atoms with Crippen molar-refractivity contribution in [2.75, 3.05) is 6.61 Å². The van der Waals surface area contributed by atoms with Crippen LogP contribution in [0.2, 0.25) is 0 Å². The minimum absolute atomic E-state index is 0.149. The van der Waals surface area contributed by atoms with Crippen molar-refractivity contribution in [2.24, 2.45) is 0 Å². The molecule has 0 aliphatic carbocycles. The summed E-state index contributed by atoms with van der Waals surface area (Å²) in [5.74, 6) is -1.12. The Morgan fingerprint density at radius 3 is 2.85 bits per heavy atom. The molecule has 148 valence electrons. The Morgan fingerprint density at radius 2 is 2.19 bits per heavy atom. The van der Waals surface area contributed by atoms with E-state index in [4.69, 9.17) is 18.9 Å². The lowest BCUT2D eigenvalue weighted by Crippen LogP contribution is -2.69. The van der Waals surface area contributed by atoms with Crippen LogP contribution < -0.4 is 10.1 Å². The predicted molar refractivity (Wildman–Crippen MR) is 90.9 cm³/mol. The number of carbonyl (C=O) groups excluding carboxylic acids is 1. The van der Waals surface area contributed by atoms with E-state index in [-0.39, 0.29) is 24.0 Å². The van der Waals surface area contributed by atoms with E-state index in [1.807, 2.05) is 0 Å². The molecular weight excluding hydrogens is 360 g/mol. The van der Waals surface area contributed by atoms with Crippen LogP contribution in [0.25, 0.3) is 0 Å². The van der Waals surface area contributed by atoms with Gasteiger partial charge in [0.15, 0.2) is 5.79 Å². The van der Waals surface area contributed by atoms with Gasteiger partial charge in [-0.05, 0) is 19.9 Å². The van der Waals surface area contributed by atoms with Crippen LogP contribution in [0.1, 0.15) is 20.8 Å². The molecule has 27 heavy (non-hydrogen) atoms. The summed E-state index contributed by atoms with van der Waals surface area (Å²) in [5.41, 5.74) is -0.149. The fraction of sp³-hybridized carbons (Fsp3) is 0.588. The maximum Gasteiger partial charge on any atom is 0.273 e. The Morgan fingerprint density at radius 1 is 1.44 bits per heavy atom. The first-order chi connectivity index (χ1) is 12.7. The number of nitro groups is 1. The molecule has 0 bridgehead atoms. The first kappa shape index (κ1) is 19.5. The summed E-state index contributed by atoms with van der Waals surface area (Å²) in [6.07, 6.45) is -3.56. The maximum atomic E-state index is 11.6. The normalized spacial score (nSPS) is 32.2. The number of aliphatic hydroxyl groups is 1. The van der Waals surface area contributed by atoms with Gasteiger partial charge in [-0.2, -0.15) is 0 Å². The van der Waals surface area contributed by atoms with Crippen LogP contribution in [-0.4, -0.2) is 59.0 Å². The Balaban J connectivity index is 1.83. The zero-order chi connectivity index (χ0) is 19.8. The molecule has 5 atom stereocenters. The summed E-state index contributed by atoms with van der Waals surface area (Å²) >= 11 is 0. The molecule has 2 fully saturated rings. The topological polar surface area (TPSA) is 129 Å². The van der Waals surface area contributed by atoms with Crippen LogP contribution in [0.5, 0.6) is 5.75 Å². The maximum absolute atomic E-state index is 11.6. The average Bonchev–Trinajstić information content (AvgIpc) is 2.59. The van der Waals surface area contributed by atoms with Crippen LogP contribution in [0.4, 0.5) is 5.69 Å². The van der Waals surface area contributed by atoms with Gasteiger partial charge in [0.2, 0.25) is 12.2 Å². The highest BCUT2D eigenvalue weighted by Crippen LogP contribution is 2.33. The van der Waals surface area contributed by atoms with Gasteiger partial charge in [-0.1, -0.05) is 6.07 Å². The number of hydrogen-bond donors (Lipinski definition) is 2. The zero-order valence-electron chi connectivity index (χ0n) is 15.2. The van der Waals surface area contributed by atoms with E-state index in [0.29, 0.717) is 0 Å². The van der Waals surface area contributed by atoms with E-state index >= 15 is 0 Å². The molecule has 0 aromatic heterocycles. The number of aliphatic hydroxyl groups excluding tert-OH is 1. The van der Waals surface area contributed by atoms with Crippen LogP contribution in [0, 0.1) is 10.1 Å². The summed E-state index contributed by atoms with van der Waals surface area (Å²) in [6.45, 7) is 4.90. The van der Waals surface area contributed by atoms with Gasteiger partial charge >= 0.3 is 0 Å². The fourth-order valence-electron chi connectivity index (χ4n) is 3.14. The lowest BCUT2D eigenvalue weighted by atomic mass is 9.95. The lowest BCUT2D eigenvalue weighted by Gasteiger charge is -2.49. The third-order valence-corrected chi connectivity index (χ3v) is 4.34. The molecule has 0 saturated carbocycles. The van der Waals surface area contributed by atoms with Crippen molar-refractivity contribution < 1.29 is 33.8 Å². The Hall–Kier alpha value is -2.27. The Labute approximate surface area is 155 Å². The van der Waals surface area contributed by atoms with Crippen LogP contribution >= 0.6 is 0 Å². The van der Waals surface area contributed by atoms with Crippen molar-refractivity contribution in [3.63, 3.8) is 0 Å². The quantitative estimate of drug-likeness (QED) is 0.575. The monoisotopic (exact) mass is 382 g/mol. The summed E-state index contributed by atoms with van der Waals surface area (Å²) in [5, 5.41) is 24.3. The molecule has 0 spiro atoms. The number of amides is 1. The minimum Gasteiger partial charge on any atom is -0.462 e. The fourth-order valence-corrected chi connectivity index (χ4v) is 3.14. The molecular formula is C17H22N2O8. The van der Waals surface area contributed by atoms with Gasteiger partial charge in [-0.3, -0.25) is 14.9 Å². The minimum atomic E-state index is -1.13. The second kappa shape index (κ2) is 7.39. The Kier molecular flexibility index (Phi) is 5.33. The molecule has 1 amide bonds. The average molecular weight is 382 g/mol. The van der Waals surface area contributed by atoms with E-state index < -0.39 is 41.4 Å². The number of nitrogens with zero attached hydrogens (tertiary/aromatic N) is 1. The molecule has 10 heteroatoms. The first-order valence-corrected chi connectivity index (χ1v) is 8.50. The number of benzene rings is 1. The lowest BCUT2D eigenvalue weighted by molar-refractivity contribution is -0.385. The highest BCUT2D eigenvalue weighted by molar-refractivity contribution is 5.73. The number of fused-ring (bicyclic) bond motifs is 1. The SMILES string of the molecule is CC(=O)N[C@@H]1[C@@H](Oc2cccc([N+](=O)[O-])c2)O[C@@H]2COC(C)(C)O[C@@H]2[C@@H]1O. The molecule has 1 aromatic carbocycles. The highest BCUT2D eigenvalue weighted by atomic mass is 16.8. The predicted octanol–water partition coefficient (Wildman–Crippen LogP) is 0.716. The van der Waals surface area contributed by atoms with Crippen molar-refractivity contribution in [2.45, 2.75) is 57.2 Å². The largest absolute Gasteiger partial charge is 0.462 e. The molecule has 2 heterocycles. The second-order valence-electron chi connectivity index (χ2n) is 6.93. The summed E-state index contributed by atoms with van der Waals surface area (Å²) in [4.78, 5) is 22.0. The van der Waals surface area contributed by atoms with Crippen LogP contribution in [0.15, 0.2) is 24.3 Å². The van der Waals surface area contributed by atoms with Gasteiger partial charge < -0.3 is 29.4 Å². The molecule has 2 N–H and O–H groups in total. The van der Waals surface area contributed by atoms with E-state index in [1.165, 1.54) is 31.2 Å². The number of ether oxygens (including phenoxy) is 4. The third kappa shape index (κ3) is 4.35. The molecule has 3 rings (SSSR count). The summed E-state index contributed by atoms with van der Waals surface area (Å²) < 4.78 is 22.9. The van der Waals surface area contributed by atoms with E-state index in [9.17, 15) is 20.0 Å². The van der Waals surface area contributed by atoms with Crippen molar-refractivity contribution in [1.29, 1.82) is 0 Å². The van der Waals surface area contributed by atoms with Crippen molar-refractivity contribution in [3.8, 4) is 5.75 Å². The van der Waals surface area contributed by atoms with Crippen LogP contribution in [0.3, 0.4) is 0 Å². The van der Waals surface area contributed by atoms with Gasteiger partial charge in [0, 0.05) is 13.0 Å². The summed E-state index contributed by atoms with van der Waals surface area (Å²) in [7, 11) is 0. The molecule has 2 aliphatic rings. The Bertz CT molecular complexity index is 725. The van der Waals surface area contributed by atoms with Crippen LogP contribution in [-0.2, 0) is 19.0 Å². The van der Waals surface area contributed by atoms with Gasteiger partial charge in [0.1, 0.15) is 30.1 Å². The number of nitrogens with one attached hydrogen (secondary N) is 1. The van der Waals surface area contributed by atoms with Gasteiger partial charge in [-0.25, -0.2) is 0 Å². The number of nitro benzene ring substituents is 1. The molecule has 0 radical (unpaired) electrons. The van der Waals surface area contributed by atoms with Gasteiger partial charge in [0.05, 0.1) is 17.6 Å². The molecule has 0 unspecified atom stereocenters. The number of carbonyl (C=O) groups is 1. The van der Waals surface area contributed by atoms with Gasteiger partial charge in [0.25, 0.3) is 5.69 Å². The third-order valence-electron chi connectivity index (χ3n) is 4.34. The standard InChI is InChI=1S/C17H22N2O8/c1-9(20)18-13-14(21)15-12(8-24-17(2,3)27-15)26-16(13)25-11-6-4-5-10(7-11)19(22)23/h4-7,12-16,21H,8H2,1-3H3,(H,18,20)/t12-,13+,14-,15+,16+/m1/s1. The van der Waals surface area contributed by atoms with Crippen molar-refractivity contribution in [3.05, 3.63) is 34.4 Å². The van der Waals surface area contributed by atoms with Crippen molar-refractivity contribution >= 4 is 11.6 Å². The second-order valence-corrected chi connectivity index (χ2v) is 6.93. The number of hydrogen-bond acceptors (Lipinski definition) is 8. The molecule has 2 aliphatic heterocycles. The molecule has 2 saturated heterocycles. The van der Waals surface area contributed by atoms with Crippen molar-refractivity contribution in [1.82, 2.24) is 5.32 Å². The van der Waals surface area contributed by atoms with E-state index in [1.54, 1.807) is 13.8 Å². The molecule has 10 nitrogen and oxygen atoms in total. The van der Waals surface area contributed by atoms with Gasteiger partial charge in [-0.15, -0.1) is 0 Å². The summed E-state index contributed by atoms with van der Waals surface area (Å²) in [6, 6.07) is 4.63. The van der Waals surface area contributed by atoms with E-state index in [2.05, 4.69) is 5.32 Å². The highest BCUT2D eigenvalue weighted by Gasteiger charge is 2.52. The molecule has 1 aromatic rings. The zero-order valence-corrected chi connectivity index (χ0v) is 15.2. The first-order valence-electron chi connectivity index (χ1n) is 8.50. The smallest absolute Gasteiger partial charge is 0.273 e. The number of rotatable bonds is 4.